The molecule has 2 aromatic carbocycles. The van der Waals surface area contributed by atoms with Crippen LogP contribution in [0.2, 0.25) is 0 Å². The van der Waals surface area contributed by atoms with E-state index in [0.29, 0.717) is 48.9 Å². The second-order valence-electron chi connectivity index (χ2n) is 7.28. The maximum Gasteiger partial charge on any atom is 0.243 e. The van der Waals surface area contributed by atoms with Gasteiger partial charge in [-0.15, -0.1) is 0 Å². The van der Waals surface area contributed by atoms with Crippen LogP contribution in [0.25, 0.3) is 0 Å². The highest BCUT2D eigenvalue weighted by Gasteiger charge is 2.31. The second kappa shape index (κ2) is 8.19. The zero-order valence-corrected chi connectivity index (χ0v) is 17.6. The minimum absolute atomic E-state index is 0.250. The summed E-state index contributed by atoms with van der Waals surface area (Å²) in [5.41, 5.74) is 3.32. The van der Waals surface area contributed by atoms with Crippen molar-refractivity contribution in [1.29, 1.82) is 0 Å². The lowest BCUT2D eigenvalue weighted by Crippen LogP contribution is -2.48. The standard InChI is InChI=1S/C21H27FN2O3S/c1-15-13-20(27-4)16(2)17(3)21(15)28(25,26)24-11-9-23(10-12-24)14-18-5-7-19(22)8-6-18/h5-8,13H,9-12,14H2,1-4H3. The number of methoxy groups -OCH3 is 1. The molecule has 0 atom stereocenters. The predicted octanol–water partition coefficient (Wildman–Crippen LogP) is 3.27. The molecular weight excluding hydrogens is 379 g/mol. The third-order valence-electron chi connectivity index (χ3n) is 5.45. The molecule has 3 rings (SSSR count). The molecule has 0 aliphatic carbocycles. The van der Waals surface area contributed by atoms with Crippen LogP contribution >= 0.6 is 0 Å². The van der Waals surface area contributed by atoms with Crippen molar-refractivity contribution in [2.75, 3.05) is 33.3 Å². The molecule has 0 spiro atoms. The third-order valence-corrected chi connectivity index (χ3v) is 7.64. The lowest BCUT2D eigenvalue weighted by Gasteiger charge is -2.34. The Kier molecular flexibility index (Phi) is 6.07. The van der Waals surface area contributed by atoms with Gasteiger partial charge in [0, 0.05) is 32.7 Å². The fraction of sp³-hybridized carbons (Fsp3) is 0.429. The first kappa shape index (κ1) is 20.8. The molecule has 1 heterocycles. The topological polar surface area (TPSA) is 49.9 Å². The van der Waals surface area contributed by atoms with Crippen LogP contribution < -0.4 is 4.74 Å². The Hall–Kier alpha value is -1.96. The summed E-state index contributed by atoms with van der Waals surface area (Å²) in [5, 5.41) is 0. The minimum atomic E-state index is -3.57. The molecule has 1 aliphatic rings. The van der Waals surface area contributed by atoms with Gasteiger partial charge in [0.25, 0.3) is 0 Å². The molecule has 152 valence electrons. The quantitative estimate of drug-likeness (QED) is 0.765. The first-order valence-electron chi connectivity index (χ1n) is 9.35. The van der Waals surface area contributed by atoms with Crippen molar-refractivity contribution in [2.24, 2.45) is 0 Å². The summed E-state index contributed by atoms with van der Waals surface area (Å²) in [6, 6.07) is 8.23. The lowest BCUT2D eigenvalue weighted by molar-refractivity contribution is 0.181. The van der Waals surface area contributed by atoms with Crippen LogP contribution in [0.3, 0.4) is 0 Å². The first-order valence-corrected chi connectivity index (χ1v) is 10.8. The Morgan fingerprint density at radius 3 is 2.18 bits per heavy atom. The third kappa shape index (κ3) is 4.06. The number of piperazine rings is 1. The van der Waals surface area contributed by atoms with Gasteiger partial charge in [0.05, 0.1) is 12.0 Å². The monoisotopic (exact) mass is 406 g/mol. The molecule has 0 N–H and O–H groups in total. The summed E-state index contributed by atoms with van der Waals surface area (Å²) in [4.78, 5) is 2.58. The normalized spacial score (nSPS) is 16.3. The molecule has 1 saturated heterocycles. The van der Waals surface area contributed by atoms with Gasteiger partial charge in [-0.05, 0) is 61.2 Å². The number of halogens is 1. The van der Waals surface area contributed by atoms with Crippen LogP contribution in [-0.2, 0) is 16.6 Å². The summed E-state index contributed by atoms with van der Waals surface area (Å²) in [7, 11) is -1.98. The average Bonchev–Trinajstić information content (AvgIpc) is 2.67. The van der Waals surface area contributed by atoms with E-state index in [9.17, 15) is 12.8 Å². The molecule has 1 fully saturated rings. The second-order valence-corrected chi connectivity index (χ2v) is 9.16. The number of rotatable bonds is 5. The van der Waals surface area contributed by atoms with Crippen molar-refractivity contribution in [1.82, 2.24) is 9.21 Å². The minimum Gasteiger partial charge on any atom is -0.496 e. The van der Waals surface area contributed by atoms with Crippen molar-refractivity contribution < 1.29 is 17.5 Å². The molecule has 0 aromatic heterocycles. The van der Waals surface area contributed by atoms with E-state index < -0.39 is 10.0 Å². The van der Waals surface area contributed by atoms with E-state index in [4.69, 9.17) is 4.74 Å². The smallest absolute Gasteiger partial charge is 0.243 e. The number of ether oxygens (including phenoxy) is 1. The van der Waals surface area contributed by atoms with E-state index in [-0.39, 0.29) is 5.82 Å². The maximum absolute atomic E-state index is 13.3. The summed E-state index contributed by atoms with van der Waals surface area (Å²) < 4.78 is 46.6. The van der Waals surface area contributed by atoms with Crippen molar-refractivity contribution in [3.05, 3.63) is 58.4 Å². The molecule has 2 aromatic rings. The van der Waals surface area contributed by atoms with Crippen molar-refractivity contribution in [3.63, 3.8) is 0 Å². The van der Waals surface area contributed by atoms with Crippen LogP contribution in [-0.4, -0.2) is 50.9 Å². The Labute approximate surface area is 166 Å². The van der Waals surface area contributed by atoms with E-state index in [0.717, 1.165) is 16.7 Å². The summed E-state index contributed by atoms with van der Waals surface area (Å²) in [6.07, 6.45) is 0. The predicted molar refractivity (Wildman–Crippen MR) is 108 cm³/mol. The highest BCUT2D eigenvalue weighted by Crippen LogP contribution is 2.32. The summed E-state index contributed by atoms with van der Waals surface area (Å²) >= 11 is 0. The number of sulfonamides is 1. The number of hydrogen-bond donors (Lipinski definition) is 0. The van der Waals surface area contributed by atoms with E-state index in [2.05, 4.69) is 4.90 Å². The van der Waals surface area contributed by atoms with E-state index in [1.165, 1.54) is 12.1 Å². The number of aryl methyl sites for hydroxylation is 1. The highest BCUT2D eigenvalue weighted by atomic mass is 32.2. The number of benzene rings is 2. The fourth-order valence-corrected chi connectivity index (χ4v) is 5.64. The zero-order valence-electron chi connectivity index (χ0n) is 16.8. The zero-order chi connectivity index (χ0) is 20.5. The van der Waals surface area contributed by atoms with E-state index >= 15 is 0 Å². The first-order chi connectivity index (χ1) is 13.2. The fourth-order valence-electron chi connectivity index (χ4n) is 3.74. The molecule has 0 amide bonds. The van der Waals surface area contributed by atoms with Gasteiger partial charge >= 0.3 is 0 Å². The Morgan fingerprint density at radius 2 is 1.61 bits per heavy atom. The average molecular weight is 407 g/mol. The summed E-state index contributed by atoms with van der Waals surface area (Å²) in [6.45, 7) is 8.38. The Balaban J connectivity index is 1.75. The molecule has 28 heavy (non-hydrogen) atoms. The largest absolute Gasteiger partial charge is 0.496 e. The van der Waals surface area contributed by atoms with Gasteiger partial charge in [0.1, 0.15) is 11.6 Å². The maximum atomic E-state index is 13.3. The Morgan fingerprint density at radius 1 is 1.00 bits per heavy atom. The summed E-state index contributed by atoms with van der Waals surface area (Å²) in [5.74, 6) is 0.457. The van der Waals surface area contributed by atoms with E-state index in [1.807, 2.05) is 20.8 Å². The number of nitrogens with zero attached hydrogens (tertiary/aromatic N) is 2. The molecule has 1 aliphatic heterocycles. The van der Waals surface area contributed by atoms with Crippen molar-refractivity contribution in [3.8, 4) is 5.75 Å². The van der Waals surface area contributed by atoms with Gasteiger partial charge in [0.2, 0.25) is 10.0 Å². The lowest BCUT2D eigenvalue weighted by atomic mass is 10.1. The van der Waals surface area contributed by atoms with Crippen LogP contribution in [0.4, 0.5) is 4.39 Å². The Bertz CT molecular complexity index is 951. The van der Waals surface area contributed by atoms with Gasteiger partial charge in [-0.1, -0.05) is 12.1 Å². The van der Waals surface area contributed by atoms with Crippen LogP contribution in [0.15, 0.2) is 35.2 Å². The van der Waals surface area contributed by atoms with Gasteiger partial charge in [-0.25, -0.2) is 12.8 Å². The van der Waals surface area contributed by atoms with Gasteiger partial charge < -0.3 is 4.74 Å². The van der Waals surface area contributed by atoms with Gasteiger partial charge in [0.15, 0.2) is 0 Å². The van der Waals surface area contributed by atoms with Gasteiger partial charge in [-0.2, -0.15) is 4.31 Å². The van der Waals surface area contributed by atoms with Crippen molar-refractivity contribution >= 4 is 10.0 Å². The van der Waals surface area contributed by atoms with Gasteiger partial charge in [-0.3, -0.25) is 4.90 Å². The molecular formula is C21H27FN2O3S. The van der Waals surface area contributed by atoms with E-state index in [1.54, 1.807) is 29.6 Å². The molecule has 7 heteroatoms. The molecule has 0 unspecified atom stereocenters. The van der Waals surface area contributed by atoms with Crippen LogP contribution in [0, 0.1) is 26.6 Å². The van der Waals surface area contributed by atoms with Crippen LogP contribution in [0.5, 0.6) is 5.75 Å². The molecule has 0 bridgehead atoms. The number of hydrogen-bond acceptors (Lipinski definition) is 4. The SMILES string of the molecule is COc1cc(C)c(S(=O)(=O)N2CCN(Cc3ccc(F)cc3)CC2)c(C)c1C. The molecule has 5 nitrogen and oxygen atoms in total. The van der Waals surface area contributed by atoms with Crippen molar-refractivity contribution in [2.45, 2.75) is 32.2 Å². The molecule has 0 radical (unpaired) electrons. The highest BCUT2D eigenvalue weighted by molar-refractivity contribution is 7.89. The molecule has 0 saturated carbocycles. The van der Waals surface area contributed by atoms with Crippen LogP contribution in [0.1, 0.15) is 22.3 Å².